The Morgan fingerprint density at radius 3 is 2.38 bits per heavy atom. The number of hydrogen-bond donors (Lipinski definition) is 2. The molecule has 2 fully saturated rings. The zero-order valence-corrected chi connectivity index (χ0v) is 12.6. The molecular formula is C17H25N3O. The first-order valence-electron chi connectivity index (χ1n) is 8.15. The number of amides is 1. The molecule has 3 rings (SSSR count). The average Bonchev–Trinajstić information content (AvgIpc) is 3.02. The van der Waals surface area contributed by atoms with E-state index in [1.54, 1.807) is 0 Å². The van der Waals surface area contributed by atoms with Crippen LogP contribution in [0.4, 0.5) is 11.4 Å². The summed E-state index contributed by atoms with van der Waals surface area (Å²) in [5.74, 6) is 0.0492. The average molecular weight is 287 g/mol. The van der Waals surface area contributed by atoms with Gasteiger partial charge < -0.3 is 16.0 Å². The summed E-state index contributed by atoms with van der Waals surface area (Å²) in [5, 5.41) is 3.02. The predicted molar refractivity (Wildman–Crippen MR) is 86.5 cm³/mol. The van der Waals surface area contributed by atoms with E-state index in [1.807, 2.05) is 12.1 Å². The zero-order chi connectivity index (χ0) is 14.7. The third kappa shape index (κ3) is 3.38. The fourth-order valence-electron chi connectivity index (χ4n) is 3.45. The van der Waals surface area contributed by atoms with Crippen LogP contribution < -0.4 is 16.0 Å². The monoisotopic (exact) mass is 287 g/mol. The van der Waals surface area contributed by atoms with Gasteiger partial charge in [-0.1, -0.05) is 12.8 Å². The Balaban J connectivity index is 1.60. The van der Waals surface area contributed by atoms with Crippen molar-refractivity contribution in [2.45, 2.75) is 44.6 Å². The molecule has 4 nitrogen and oxygen atoms in total. The van der Waals surface area contributed by atoms with Crippen LogP contribution in [0.25, 0.3) is 0 Å². The van der Waals surface area contributed by atoms with E-state index in [4.69, 9.17) is 5.73 Å². The molecule has 0 radical (unpaired) electrons. The van der Waals surface area contributed by atoms with Gasteiger partial charge in [-0.15, -0.1) is 0 Å². The first-order valence-corrected chi connectivity index (χ1v) is 8.15. The molecule has 0 aromatic heterocycles. The van der Waals surface area contributed by atoms with Gasteiger partial charge in [-0.3, -0.25) is 4.79 Å². The van der Waals surface area contributed by atoms with Crippen molar-refractivity contribution in [2.75, 3.05) is 23.3 Å². The molecule has 4 heteroatoms. The van der Waals surface area contributed by atoms with Crippen molar-refractivity contribution in [3.63, 3.8) is 0 Å². The second-order valence-electron chi connectivity index (χ2n) is 6.29. The molecule has 1 saturated carbocycles. The van der Waals surface area contributed by atoms with Crippen LogP contribution in [0.1, 0.15) is 38.5 Å². The van der Waals surface area contributed by atoms with Gasteiger partial charge in [0.15, 0.2) is 0 Å². The maximum Gasteiger partial charge on any atom is 0.229 e. The smallest absolute Gasteiger partial charge is 0.229 e. The van der Waals surface area contributed by atoms with E-state index in [0.29, 0.717) is 0 Å². The van der Waals surface area contributed by atoms with Gasteiger partial charge in [0.1, 0.15) is 0 Å². The van der Waals surface area contributed by atoms with E-state index in [2.05, 4.69) is 22.3 Å². The molecule has 2 atom stereocenters. The van der Waals surface area contributed by atoms with E-state index in [9.17, 15) is 4.79 Å². The van der Waals surface area contributed by atoms with Gasteiger partial charge in [-0.2, -0.15) is 0 Å². The van der Waals surface area contributed by atoms with Crippen molar-refractivity contribution < 1.29 is 4.79 Å². The van der Waals surface area contributed by atoms with E-state index in [-0.39, 0.29) is 17.9 Å². The van der Waals surface area contributed by atoms with Gasteiger partial charge in [0.2, 0.25) is 5.91 Å². The van der Waals surface area contributed by atoms with Gasteiger partial charge in [-0.05, 0) is 49.9 Å². The van der Waals surface area contributed by atoms with Crippen LogP contribution in [-0.4, -0.2) is 25.0 Å². The third-order valence-corrected chi connectivity index (χ3v) is 4.76. The molecule has 3 N–H and O–H groups in total. The summed E-state index contributed by atoms with van der Waals surface area (Å²) in [7, 11) is 0. The lowest BCUT2D eigenvalue weighted by Crippen LogP contribution is -2.40. The normalized spacial score (nSPS) is 25.9. The summed E-state index contributed by atoms with van der Waals surface area (Å²) in [6, 6.07) is 8.21. The minimum absolute atomic E-state index is 0.0163. The predicted octanol–water partition coefficient (Wildman–Crippen LogP) is 2.74. The van der Waals surface area contributed by atoms with E-state index >= 15 is 0 Å². The fourth-order valence-corrected chi connectivity index (χ4v) is 3.45. The first-order chi connectivity index (χ1) is 10.2. The van der Waals surface area contributed by atoms with Gasteiger partial charge >= 0.3 is 0 Å². The molecule has 1 aliphatic heterocycles. The number of anilines is 2. The largest absolute Gasteiger partial charge is 0.372 e. The van der Waals surface area contributed by atoms with Crippen LogP contribution in [0.3, 0.4) is 0 Å². The highest BCUT2D eigenvalue weighted by molar-refractivity contribution is 5.93. The van der Waals surface area contributed by atoms with Crippen LogP contribution in [0.5, 0.6) is 0 Å². The van der Waals surface area contributed by atoms with Crippen molar-refractivity contribution >= 4 is 17.3 Å². The number of nitrogens with zero attached hydrogens (tertiary/aromatic N) is 1. The number of rotatable bonds is 3. The standard InChI is InChI=1S/C17H25N3O/c18-16-6-2-1-5-15(16)17(21)19-13-7-9-14(10-8-13)20-11-3-4-12-20/h7-10,15-16H,1-6,11-12,18H2,(H,19,21). The molecule has 1 aromatic carbocycles. The van der Waals surface area contributed by atoms with E-state index < -0.39 is 0 Å². The fraction of sp³-hybridized carbons (Fsp3) is 0.588. The van der Waals surface area contributed by atoms with Crippen molar-refractivity contribution in [3.05, 3.63) is 24.3 Å². The van der Waals surface area contributed by atoms with Crippen LogP contribution in [0.2, 0.25) is 0 Å². The maximum atomic E-state index is 12.3. The summed E-state index contributed by atoms with van der Waals surface area (Å²) in [4.78, 5) is 14.7. The highest BCUT2D eigenvalue weighted by Crippen LogP contribution is 2.26. The number of carbonyl (C=O) groups excluding carboxylic acids is 1. The SMILES string of the molecule is NC1CCCCC1C(=O)Nc1ccc(N2CCCC2)cc1. The van der Waals surface area contributed by atoms with Crippen molar-refractivity contribution in [2.24, 2.45) is 11.7 Å². The first kappa shape index (κ1) is 14.4. The van der Waals surface area contributed by atoms with E-state index in [1.165, 1.54) is 18.5 Å². The number of nitrogens with two attached hydrogens (primary N) is 1. The molecule has 114 valence electrons. The second-order valence-corrected chi connectivity index (χ2v) is 6.29. The molecule has 0 spiro atoms. The van der Waals surface area contributed by atoms with Crippen LogP contribution in [0, 0.1) is 5.92 Å². The van der Waals surface area contributed by atoms with Crippen molar-refractivity contribution in [3.8, 4) is 0 Å². The molecular weight excluding hydrogens is 262 g/mol. The molecule has 1 saturated heterocycles. The van der Waals surface area contributed by atoms with Crippen LogP contribution >= 0.6 is 0 Å². The van der Waals surface area contributed by atoms with Gasteiger partial charge in [-0.25, -0.2) is 0 Å². The van der Waals surface area contributed by atoms with Crippen LogP contribution in [0.15, 0.2) is 24.3 Å². The van der Waals surface area contributed by atoms with Crippen molar-refractivity contribution in [1.29, 1.82) is 0 Å². The Labute approximate surface area is 126 Å². The molecule has 1 aromatic rings. The zero-order valence-electron chi connectivity index (χ0n) is 12.6. The Morgan fingerprint density at radius 1 is 1.05 bits per heavy atom. The lowest BCUT2D eigenvalue weighted by atomic mass is 9.84. The minimum atomic E-state index is -0.0305. The molecule has 0 bridgehead atoms. The minimum Gasteiger partial charge on any atom is -0.372 e. The van der Waals surface area contributed by atoms with Crippen molar-refractivity contribution in [1.82, 2.24) is 0 Å². The second kappa shape index (κ2) is 6.48. The van der Waals surface area contributed by atoms with Gasteiger partial charge in [0.25, 0.3) is 0 Å². The lowest BCUT2D eigenvalue weighted by Gasteiger charge is -2.27. The molecule has 2 aliphatic rings. The quantitative estimate of drug-likeness (QED) is 0.898. The topological polar surface area (TPSA) is 58.4 Å². The van der Waals surface area contributed by atoms with Gasteiger partial charge in [0.05, 0.1) is 5.92 Å². The molecule has 1 heterocycles. The molecule has 1 aliphatic carbocycles. The summed E-state index contributed by atoms with van der Waals surface area (Å²) in [5.41, 5.74) is 8.20. The Morgan fingerprint density at radius 2 is 1.71 bits per heavy atom. The van der Waals surface area contributed by atoms with E-state index in [0.717, 1.165) is 44.5 Å². The molecule has 1 amide bonds. The number of nitrogens with one attached hydrogen (secondary N) is 1. The van der Waals surface area contributed by atoms with Crippen LogP contribution in [-0.2, 0) is 4.79 Å². The highest BCUT2D eigenvalue weighted by Gasteiger charge is 2.28. The Kier molecular flexibility index (Phi) is 4.44. The highest BCUT2D eigenvalue weighted by atomic mass is 16.1. The summed E-state index contributed by atoms with van der Waals surface area (Å²) < 4.78 is 0. The summed E-state index contributed by atoms with van der Waals surface area (Å²) in [6.07, 6.45) is 6.69. The number of benzene rings is 1. The Bertz CT molecular complexity index is 479. The number of carbonyl (C=O) groups is 1. The number of hydrogen-bond acceptors (Lipinski definition) is 3. The lowest BCUT2D eigenvalue weighted by molar-refractivity contribution is -0.121. The summed E-state index contributed by atoms with van der Waals surface area (Å²) in [6.45, 7) is 2.28. The van der Waals surface area contributed by atoms with Gasteiger partial charge in [0, 0.05) is 30.5 Å². The third-order valence-electron chi connectivity index (χ3n) is 4.76. The molecule has 2 unspecified atom stereocenters. The summed E-state index contributed by atoms with van der Waals surface area (Å²) >= 11 is 0. The Hall–Kier alpha value is -1.55. The molecule has 21 heavy (non-hydrogen) atoms. The maximum absolute atomic E-state index is 12.3.